The number of benzene rings is 1. The van der Waals surface area contributed by atoms with Gasteiger partial charge in [-0.15, -0.1) is 0 Å². The number of thioether (sulfide) groups is 1. The number of nitrogens with zero attached hydrogens (tertiary/aromatic N) is 1. The molecule has 0 saturated carbocycles. The van der Waals surface area contributed by atoms with Gasteiger partial charge in [-0.05, 0) is 23.8 Å². The molecule has 0 spiro atoms. The Morgan fingerprint density at radius 1 is 1.28 bits per heavy atom. The van der Waals surface area contributed by atoms with Gasteiger partial charge in [-0.1, -0.05) is 30.0 Å². The summed E-state index contributed by atoms with van der Waals surface area (Å²) in [4.78, 5) is 34.9. The Bertz CT molecular complexity index is 775. The molecule has 10 heteroatoms. The van der Waals surface area contributed by atoms with Crippen LogP contribution in [-0.2, 0) is 14.4 Å². The zero-order valence-corrected chi connectivity index (χ0v) is 14.6. The number of hydrogen-bond acceptors (Lipinski definition) is 7. The van der Waals surface area contributed by atoms with Gasteiger partial charge in [0.05, 0.1) is 12.0 Å². The molecule has 1 fully saturated rings. The molecule has 0 aromatic heterocycles. The summed E-state index contributed by atoms with van der Waals surface area (Å²) in [5.41, 5.74) is 0.593. The fourth-order valence-corrected chi connectivity index (χ4v) is 3.21. The van der Waals surface area contributed by atoms with Crippen LogP contribution in [0, 0.1) is 0 Å². The number of hydrogen-bond donors (Lipinski definition) is 2. The zero-order chi connectivity index (χ0) is 18.6. The smallest absolute Gasteiger partial charge is 0.341 e. The summed E-state index contributed by atoms with van der Waals surface area (Å²) < 4.78 is 10.4. The van der Waals surface area contributed by atoms with E-state index in [1.807, 2.05) is 0 Å². The monoisotopic (exact) mass is 383 g/mol. The van der Waals surface area contributed by atoms with Crippen molar-refractivity contribution in [2.75, 3.05) is 20.3 Å². The number of carboxylic acids is 2. The Hall–Kier alpha value is -2.59. The van der Waals surface area contributed by atoms with Gasteiger partial charge in [0, 0.05) is 0 Å². The quantitative estimate of drug-likeness (QED) is 0.533. The normalized spacial score (nSPS) is 15.6. The van der Waals surface area contributed by atoms with E-state index in [1.54, 1.807) is 18.2 Å². The largest absolute Gasteiger partial charge is 0.493 e. The molecule has 25 heavy (non-hydrogen) atoms. The van der Waals surface area contributed by atoms with E-state index >= 15 is 0 Å². The van der Waals surface area contributed by atoms with Crippen LogP contribution in [0.4, 0.5) is 0 Å². The van der Waals surface area contributed by atoms with Crippen LogP contribution < -0.4 is 9.47 Å². The zero-order valence-electron chi connectivity index (χ0n) is 12.9. The summed E-state index contributed by atoms with van der Waals surface area (Å²) in [5.74, 6) is -2.20. The predicted molar refractivity (Wildman–Crippen MR) is 93.6 cm³/mol. The molecule has 0 unspecified atom stereocenters. The summed E-state index contributed by atoms with van der Waals surface area (Å²) in [5, 5.41) is 17.5. The first-order valence-corrected chi connectivity index (χ1v) is 8.04. The van der Waals surface area contributed by atoms with Crippen LogP contribution in [0.15, 0.2) is 23.1 Å². The molecule has 1 aromatic rings. The fraction of sp³-hybridized carbons (Fsp3) is 0.200. The maximum Gasteiger partial charge on any atom is 0.341 e. The first kappa shape index (κ1) is 18.7. The molecule has 1 aromatic carbocycles. The standard InChI is InChI=1S/C15H13NO7S2/c1-22-10-4-8(2-3-9(10)23-7-13(19)20)5-11-14(21)16(6-12(17)18)15(24)25-11/h2-5H,6-7H2,1H3,(H,17,18)(H,19,20). The molecule has 0 bridgehead atoms. The second-order valence-electron chi connectivity index (χ2n) is 4.75. The van der Waals surface area contributed by atoms with Crippen molar-refractivity contribution >= 4 is 52.2 Å². The van der Waals surface area contributed by atoms with E-state index in [9.17, 15) is 14.4 Å². The average molecular weight is 383 g/mol. The molecule has 132 valence electrons. The number of carbonyl (C=O) groups is 3. The Balaban J connectivity index is 2.23. The molecule has 1 heterocycles. The SMILES string of the molecule is COc1cc(C=C2SC(=S)N(CC(=O)O)C2=O)ccc1OCC(=O)O. The number of carboxylic acid groups (broad SMARTS) is 2. The van der Waals surface area contributed by atoms with Gasteiger partial charge < -0.3 is 19.7 Å². The van der Waals surface area contributed by atoms with Gasteiger partial charge in [0.25, 0.3) is 5.91 Å². The van der Waals surface area contributed by atoms with Crippen molar-refractivity contribution in [3.05, 3.63) is 28.7 Å². The number of ether oxygens (including phenoxy) is 2. The highest BCUT2D eigenvalue weighted by atomic mass is 32.2. The number of aliphatic carboxylic acids is 2. The Labute approximate surface area is 152 Å². The van der Waals surface area contributed by atoms with Gasteiger partial charge in [-0.2, -0.15) is 0 Å². The third-order valence-electron chi connectivity index (χ3n) is 3.00. The maximum absolute atomic E-state index is 12.2. The predicted octanol–water partition coefficient (Wildman–Crippen LogP) is 1.44. The van der Waals surface area contributed by atoms with E-state index in [0.29, 0.717) is 11.3 Å². The Morgan fingerprint density at radius 2 is 2.00 bits per heavy atom. The van der Waals surface area contributed by atoms with Gasteiger partial charge in [0.1, 0.15) is 10.9 Å². The summed E-state index contributed by atoms with van der Waals surface area (Å²) in [6.45, 7) is -1.00. The summed E-state index contributed by atoms with van der Waals surface area (Å²) in [6.07, 6.45) is 1.55. The van der Waals surface area contributed by atoms with Crippen molar-refractivity contribution in [2.24, 2.45) is 0 Å². The lowest BCUT2D eigenvalue weighted by molar-refractivity contribution is -0.140. The third kappa shape index (κ3) is 4.70. The maximum atomic E-state index is 12.2. The molecule has 8 nitrogen and oxygen atoms in total. The van der Waals surface area contributed by atoms with Gasteiger partial charge in [0.2, 0.25) is 0 Å². The van der Waals surface area contributed by atoms with E-state index < -0.39 is 31.0 Å². The molecular weight excluding hydrogens is 370 g/mol. The number of amides is 1. The molecule has 2 rings (SSSR count). The van der Waals surface area contributed by atoms with Crippen molar-refractivity contribution in [3.63, 3.8) is 0 Å². The minimum Gasteiger partial charge on any atom is -0.493 e. The van der Waals surface area contributed by atoms with E-state index in [4.69, 9.17) is 31.9 Å². The van der Waals surface area contributed by atoms with Gasteiger partial charge in [-0.25, -0.2) is 4.79 Å². The third-order valence-corrected chi connectivity index (χ3v) is 4.38. The molecule has 0 radical (unpaired) electrons. The molecule has 0 atom stereocenters. The van der Waals surface area contributed by atoms with Gasteiger partial charge in [-0.3, -0.25) is 14.5 Å². The lowest BCUT2D eigenvalue weighted by Crippen LogP contribution is -2.33. The highest BCUT2D eigenvalue weighted by Gasteiger charge is 2.33. The van der Waals surface area contributed by atoms with Crippen molar-refractivity contribution in [1.82, 2.24) is 4.90 Å². The fourth-order valence-electron chi connectivity index (χ4n) is 1.96. The Morgan fingerprint density at radius 3 is 2.60 bits per heavy atom. The minimum atomic E-state index is -1.15. The molecule has 1 amide bonds. The second kappa shape index (κ2) is 7.99. The van der Waals surface area contributed by atoms with Gasteiger partial charge >= 0.3 is 11.9 Å². The lowest BCUT2D eigenvalue weighted by Gasteiger charge is -2.10. The molecule has 1 saturated heterocycles. The second-order valence-corrected chi connectivity index (χ2v) is 6.43. The molecular formula is C15H13NO7S2. The number of carbonyl (C=O) groups excluding carboxylic acids is 1. The minimum absolute atomic E-state index is 0.173. The first-order chi connectivity index (χ1) is 11.8. The Kier molecular flexibility index (Phi) is 5.99. The molecule has 0 aliphatic carbocycles. The van der Waals surface area contributed by atoms with Crippen molar-refractivity contribution < 1.29 is 34.1 Å². The van der Waals surface area contributed by atoms with Crippen LogP contribution in [0.3, 0.4) is 0 Å². The van der Waals surface area contributed by atoms with E-state index in [0.717, 1.165) is 16.7 Å². The van der Waals surface area contributed by atoms with Crippen LogP contribution >= 0.6 is 24.0 Å². The highest BCUT2D eigenvalue weighted by molar-refractivity contribution is 8.26. The summed E-state index contributed by atoms with van der Waals surface area (Å²) in [7, 11) is 1.40. The van der Waals surface area contributed by atoms with Crippen molar-refractivity contribution in [2.45, 2.75) is 0 Å². The van der Waals surface area contributed by atoms with Crippen LogP contribution in [0.5, 0.6) is 11.5 Å². The van der Waals surface area contributed by atoms with E-state index in [-0.39, 0.29) is 15.0 Å². The summed E-state index contributed by atoms with van der Waals surface area (Å²) >= 11 is 6.03. The number of rotatable bonds is 7. The van der Waals surface area contributed by atoms with Gasteiger partial charge in [0.15, 0.2) is 18.1 Å². The number of methoxy groups -OCH3 is 1. The lowest BCUT2D eigenvalue weighted by atomic mass is 10.2. The van der Waals surface area contributed by atoms with Crippen molar-refractivity contribution in [1.29, 1.82) is 0 Å². The van der Waals surface area contributed by atoms with E-state index in [2.05, 4.69) is 0 Å². The average Bonchev–Trinajstić information content (AvgIpc) is 2.80. The molecule has 1 aliphatic heterocycles. The van der Waals surface area contributed by atoms with Crippen molar-refractivity contribution in [3.8, 4) is 11.5 Å². The summed E-state index contributed by atoms with van der Waals surface area (Å²) in [6, 6.07) is 4.70. The first-order valence-electron chi connectivity index (χ1n) is 6.81. The van der Waals surface area contributed by atoms with Crippen LogP contribution in [0.25, 0.3) is 6.08 Å². The number of thiocarbonyl (C=S) groups is 1. The molecule has 1 aliphatic rings. The highest BCUT2D eigenvalue weighted by Crippen LogP contribution is 2.34. The van der Waals surface area contributed by atoms with Crippen LogP contribution in [-0.4, -0.2) is 57.5 Å². The van der Waals surface area contributed by atoms with Crippen LogP contribution in [0.2, 0.25) is 0 Å². The topological polar surface area (TPSA) is 113 Å². The van der Waals surface area contributed by atoms with E-state index in [1.165, 1.54) is 13.2 Å². The molecule has 2 N–H and O–H groups in total. The van der Waals surface area contributed by atoms with Crippen LogP contribution in [0.1, 0.15) is 5.56 Å².